The Morgan fingerprint density at radius 3 is 2.70 bits per heavy atom. The first-order valence-corrected chi connectivity index (χ1v) is 9.33. The van der Waals surface area contributed by atoms with Crippen LogP contribution >= 0.6 is 0 Å². The fourth-order valence-corrected chi connectivity index (χ4v) is 3.58. The highest BCUT2D eigenvalue weighted by molar-refractivity contribution is 5.84. The Morgan fingerprint density at radius 1 is 1.26 bits per heavy atom. The molecule has 8 heteroatoms. The molecule has 8 nitrogen and oxygen atoms in total. The number of ether oxygens (including phenoxy) is 1. The number of carbonyl (C=O) groups is 3. The van der Waals surface area contributed by atoms with Gasteiger partial charge in [0.1, 0.15) is 13.2 Å². The van der Waals surface area contributed by atoms with Crippen molar-refractivity contribution in [2.24, 2.45) is 0 Å². The van der Waals surface area contributed by atoms with Gasteiger partial charge in [0, 0.05) is 25.7 Å². The monoisotopic (exact) mass is 374 g/mol. The Labute approximate surface area is 158 Å². The molecule has 0 saturated carbocycles. The molecule has 2 saturated heterocycles. The molecule has 1 aromatic carbocycles. The number of benzene rings is 1. The van der Waals surface area contributed by atoms with Crippen LogP contribution in [-0.2, 0) is 20.9 Å². The van der Waals surface area contributed by atoms with E-state index in [4.69, 9.17) is 4.74 Å². The summed E-state index contributed by atoms with van der Waals surface area (Å²) in [4.78, 5) is 39.7. The molecule has 2 heterocycles. The zero-order valence-electron chi connectivity index (χ0n) is 15.5. The van der Waals surface area contributed by atoms with Crippen LogP contribution in [0, 0.1) is 0 Å². The number of likely N-dealkylation sites (N-methyl/N-ethyl adjacent to an activating group) is 1. The van der Waals surface area contributed by atoms with E-state index in [0.29, 0.717) is 39.2 Å². The van der Waals surface area contributed by atoms with Crippen molar-refractivity contribution in [2.75, 3.05) is 32.8 Å². The van der Waals surface area contributed by atoms with Crippen LogP contribution in [-0.4, -0.2) is 72.6 Å². The Bertz CT molecular complexity index is 682. The van der Waals surface area contributed by atoms with Gasteiger partial charge >= 0.3 is 6.09 Å². The van der Waals surface area contributed by atoms with E-state index in [0.717, 1.165) is 5.56 Å². The summed E-state index contributed by atoms with van der Waals surface area (Å²) >= 11 is 0. The van der Waals surface area contributed by atoms with Gasteiger partial charge in [0.05, 0.1) is 12.6 Å². The summed E-state index contributed by atoms with van der Waals surface area (Å²) in [6.07, 6.45) is 0.0944. The van der Waals surface area contributed by atoms with Gasteiger partial charge < -0.3 is 15.4 Å². The smallest absolute Gasteiger partial charge is 0.410 e. The van der Waals surface area contributed by atoms with Gasteiger partial charge in [-0.15, -0.1) is 0 Å². The SMILES string of the molecule is CCNC(=O)[C@@H]1C[C@H](NC(=O)CN2CCOC2=O)CN1Cc1ccccc1. The lowest BCUT2D eigenvalue weighted by atomic mass is 10.1. The quantitative estimate of drug-likeness (QED) is 0.718. The number of hydrogen-bond donors (Lipinski definition) is 2. The fraction of sp³-hybridized carbons (Fsp3) is 0.526. The maximum absolute atomic E-state index is 12.5. The molecule has 2 aliphatic rings. The van der Waals surface area contributed by atoms with E-state index in [1.54, 1.807) is 0 Å². The fourth-order valence-electron chi connectivity index (χ4n) is 3.58. The van der Waals surface area contributed by atoms with Crippen molar-refractivity contribution in [1.82, 2.24) is 20.4 Å². The molecule has 3 rings (SSSR count). The summed E-state index contributed by atoms with van der Waals surface area (Å²) in [5.74, 6) is -0.247. The summed E-state index contributed by atoms with van der Waals surface area (Å²) in [5, 5.41) is 5.84. The predicted molar refractivity (Wildman–Crippen MR) is 98.8 cm³/mol. The number of hydrogen-bond acceptors (Lipinski definition) is 5. The topological polar surface area (TPSA) is 91.0 Å². The maximum Gasteiger partial charge on any atom is 0.410 e. The molecule has 2 aliphatic heterocycles. The molecule has 0 aliphatic carbocycles. The summed E-state index contributed by atoms with van der Waals surface area (Å²) < 4.78 is 4.84. The molecule has 2 N–H and O–H groups in total. The minimum Gasteiger partial charge on any atom is -0.448 e. The molecule has 2 atom stereocenters. The minimum absolute atomic E-state index is 0.0140. The van der Waals surface area contributed by atoms with E-state index in [2.05, 4.69) is 15.5 Å². The normalized spacial score (nSPS) is 22.6. The number of cyclic esters (lactones) is 1. The zero-order chi connectivity index (χ0) is 19.2. The molecule has 0 aromatic heterocycles. The van der Waals surface area contributed by atoms with Crippen LogP contribution in [0.2, 0.25) is 0 Å². The van der Waals surface area contributed by atoms with Crippen LogP contribution < -0.4 is 10.6 Å². The third-order valence-electron chi connectivity index (χ3n) is 4.83. The molecule has 2 fully saturated rings. The lowest BCUT2D eigenvalue weighted by Crippen LogP contribution is -2.43. The summed E-state index contributed by atoms with van der Waals surface area (Å²) in [6, 6.07) is 9.54. The third-order valence-corrected chi connectivity index (χ3v) is 4.83. The Hall–Kier alpha value is -2.61. The second-order valence-electron chi connectivity index (χ2n) is 6.86. The maximum atomic E-state index is 12.5. The van der Waals surface area contributed by atoms with Crippen molar-refractivity contribution < 1.29 is 19.1 Å². The Kier molecular flexibility index (Phi) is 6.28. The highest BCUT2D eigenvalue weighted by Crippen LogP contribution is 2.21. The largest absolute Gasteiger partial charge is 0.448 e. The highest BCUT2D eigenvalue weighted by atomic mass is 16.6. The molecule has 27 heavy (non-hydrogen) atoms. The van der Waals surface area contributed by atoms with E-state index in [1.165, 1.54) is 4.90 Å². The summed E-state index contributed by atoms with van der Waals surface area (Å²) in [5.41, 5.74) is 1.12. The van der Waals surface area contributed by atoms with Crippen LogP contribution in [0.5, 0.6) is 0 Å². The van der Waals surface area contributed by atoms with Crippen LogP contribution in [0.4, 0.5) is 4.79 Å². The third kappa shape index (κ3) is 4.97. The average molecular weight is 374 g/mol. The molecular weight excluding hydrogens is 348 g/mol. The van der Waals surface area contributed by atoms with Gasteiger partial charge in [0.25, 0.3) is 0 Å². The number of carbonyl (C=O) groups excluding carboxylic acids is 3. The van der Waals surface area contributed by atoms with Gasteiger partial charge in [0.15, 0.2) is 0 Å². The van der Waals surface area contributed by atoms with E-state index in [-0.39, 0.29) is 30.4 Å². The van der Waals surface area contributed by atoms with Crippen molar-refractivity contribution in [3.8, 4) is 0 Å². The molecule has 146 valence electrons. The second-order valence-corrected chi connectivity index (χ2v) is 6.86. The average Bonchev–Trinajstić information content (AvgIpc) is 3.22. The van der Waals surface area contributed by atoms with Gasteiger partial charge in [-0.05, 0) is 18.9 Å². The number of nitrogens with one attached hydrogen (secondary N) is 2. The molecular formula is C19H26N4O4. The van der Waals surface area contributed by atoms with E-state index in [1.807, 2.05) is 37.3 Å². The molecule has 0 bridgehead atoms. The van der Waals surface area contributed by atoms with Crippen molar-refractivity contribution >= 4 is 17.9 Å². The van der Waals surface area contributed by atoms with Gasteiger partial charge in [-0.3, -0.25) is 19.4 Å². The van der Waals surface area contributed by atoms with Crippen molar-refractivity contribution in [1.29, 1.82) is 0 Å². The molecule has 0 unspecified atom stereocenters. The van der Waals surface area contributed by atoms with Crippen molar-refractivity contribution in [3.63, 3.8) is 0 Å². The lowest BCUT2D eigenvalue weighted by Gasteiger charge is -2.23. The zero-order valence-corrected chi connectivity index (χ0v) is 15.5. The van der Waals surface area contributed by atoms with E-state index in [9.17, 15) is 14.4 Å². The van der Waals surface area contributed by atoms with Crippen LogP contribution in [0.3, 0.4) is 0 Å². The number of likely N-dealkylation sites (tertiary alicyclic amines) is 1. The predicted octanol–water partition coefficient (Wildman–Crippen LogP) is 0.334. The first-order valence-electron chi connectivity index (χ1n) is 9.33. The minimum atomic E-state index is -0.456. The van der Waals surface area contributed by atoms with E-state index >= 15 is 0 Å². The first kappa shape index (κ1) is 19.2. The summed E-state index contributed by atoms with van der Waals surface area (Å²) in [6.45, 7) is 4.43. The Balaban J connectivity index is 1.60. The van der Waals surface area contributed by atoms with Crippen LogP contribution in [0.15, 0.2) is 30.3 Å². The number of nitrogens with zero attached hydrogens (tertiary/aromatic N) is 2. The molecule has 3 amide bonds. The van der Waals surface area contributed by atoms with Crippen molar-refractivity contribution in [3.05, 3.63) is 35.9 Å². The standard InChI is InChI=1S/C19H26N4O4/c1-2-20-18(25)16-10-15(12-23(16)11-14-6-4-3-5-7-14)21-17(24)13-22-8-9-27-19(22)26/h3-7,15-16H,2,8-13H2,1H3,(H,20,25)(H,21,24)/t15-,16-/m0/s1. The first-order chi connectivity index (χ1) is 13.1. The lowest BCUT2D eigenvalue weighted by molar-refractivity contribution is -0.125. The van der Waals surface area contributed by atoms with Crippen LogP contribution in [0.25, 0.3) is 0 Å². The van der Waals surface area contributed by atoms with Crippen molar-refractivity contribution in [2.45, 2.75) is 32.0 Å². The Morgan fingerprint density at radius 2 is 2.04 bits per heavy atom. The molecule has 0 radical (unpaired) electrons. The summed E-state index contributed by atoms with van der Waals surface area (Å²) in [7, 11) is 0. The number of rotatable bonds is 7. The van der Waals surface area contributed by atoms with Gasteiger partial charge in [-0.25, -0.2) is 4.79 Å². The molecule has 1 aromatic rings. The van der Waals surface area contributed by atoms with Crippen LogP contribution in [0.1, 0.15) is 18.9 Å². The second kappa shape index (κ2) is 8.85. The molecule has 0 spiro atoms. The highest BCUT2D eigenvalue weighted by Gasteiger charge is 2.37. The number of amides is 3. The van der Waals surface area contributed by atoms with Gasteiger partial charge in [0.2, 0.25) is 11.8 Å². The van der Waals surface area contributed by atoms with Gasteiger partial charge in [-0.2, -0.15) is 0 Å². The van der Waals surface area contributed by atoms with E-state index < -0.39 is 6.09 Å². The van der Waals surface area contributed by atoms with Gasteiger partial charge in [-0.1, -0.05) is 30.3 Å².